The highest BCUT2D eigenvalue weighted by molar-refractivity contribution is 5.82. The van der Waals surface area contributed by atoms with E-state index >= 15 is 4.39 Å². The van der Waals surface area contributed by atoms with Gasteiger partial charge < -0.3 is 19.7 Å². The number of aliphatic carboxylic acids is 1. The summed E-state index contributed by atoms with van der Waals surface area (Å²) in [7, 11) is 0. The van der Waals surface area contributed by atoms with Gasteiger partial charge in [0.05, 0.1) is 19.1 Å². The Morgan fingerprint density at radius 1 is 1.00 bits per heavy atom. The van der Waals surface area contributed by atoms with Crippen LogP contribution in [0.4, 0.5) is 17.6 Å². The summed E-state index contributed by atoms with van der Waals surface area (Å²) in [5.41, 5.74) is 0.987. The Kier molecular flexibility index (Phi) is 10.7. The molecule has 1 amide bonds. The van der Waals surface area contributed by atoms with Crippen LogP contribution in [-0.4, -0.2) is 58.9 Å². The van der Waals surface area contributed by atoms with Crippen LogP contribution >= 0.6 is 0 Å². The topological polar surface area (TPSA) is 101 Å². The van der Waals surface area contributed by atoms with Crippen LogP contribution in [0.5, 0.6) is 5.75 Å². The normalized spacial score (nSPS) is 19.7. The number of rotatable bonds is 6. The van der Waals surface area contributed by atoms with Crippen molar-refractivity contribution in [3.8, 4) is 16.9 Å². The zero-order valence-electron chi connectivity index (χ0n) is 26.5. The standard InChI is InChI=1S/C35H39F4N3O5/c1-20-12-24(36)15-30-32(20)23-11-21(2)33(39)26(14-23)28(16-31(43)44)40-34(45)29(7-5-3-4-6-10-47-30)42-17-22(13-27(38)35(42)46)8-9-41-18-25(37)19-41/h11-15,17,25,28-29H,3-10,16,18-19H2,1-2H3,(H,40,45)(H,43,44)/t28-,29-/m0/s1. The molecule has 252 valence electrons. The molecule has 2 aromatic carbocycles. The molecule has 1 aromatic heterocycles. The minimum atomic E-state index is -1.36. The summed E-state index contributed by atoms with van der Waals surface area (Å²) in [6, 6.07) is 4.11. The van der Waals surface area contributed by atoms with Gasteiger partial charge in [0.1, 0.15) is 29.6 Å². The summed E-state index contributed by atoms with van der Waals surface area (Å²) in [4.78, 5) is 41.0. The molecule has 2 N–H and O–H groups in total. The lowest BCUT2D eigenvalue weighted by Gasteiger charge is -2.34. The molecule has 0 saturated carbocycles. The number of ether oxygens (including phenoxy) is 1. The molecular weight excluding hydrogens is 618 g/mol. The number of carboxylic acids is 1. The van der Waals surface area contributed by atoms with Crippen LogP contribution in [-0.2, 0) is 16.0 Å². The lowest BCUT2D eigenvalue weighted by molar-refractivity contribution is -0.138. The molecule has 1 fully saturated rings. The zero-order valence-corrected chi connectivity index (χ0v) is 26.5. The van der Waals surface area contributed by atoms with Gasteiger partial charge in [-0.2, -0.15) is 0 Å². The smallest absolute Gasteiger partial charge is 0.305 e. The monoisotopic (exact) mass is 657 g/mol. The van der Waals surface area contributed by atoms with Crippen molar-refractivity contribution in [1.82, 2.24) is 14.8 Å². The first kappa shape index (κ1) is 34.2. The molecule has 47 heavy (non-hydrogen) atoms. The molecule has 5 rings (SSSR count). The van der Waals surface area contributed by atoms with Crippen LogP contribution in [0.2, 0.25) is 0 Å². The minimum absolute atomic E-state index is 0.107. The predicted molar refractivity (Wildman–Crippen MR) is 168 cm³/mol. The first-order valence-corrected chi connectivity index (χ1v) is 15.9. The highest BCUT2D eigenvalue weighted by atomic mass is 19.1. The number of fused-ring (bicyclic) bond motifs is 4. The second-order valence-electron chi connectivity index (χ2n) is 12.5. The van der Waals surface area contributed by atoms with Gasteiger partial charge in [-0.1, -0.05) is 19.3 Å². The lowest BCUT2D eigenvalue weighted by atomic mass is 9.92. The van der Waals surface area contributed by atoms with E-state index in [4.69, 9.17) is 4.74 Å². The zero-order chi connectivity index (χ0) is 33.8. The van der Waals surface area contributed by atoms with Crippen LogP contribution in [0.25, 0.3) is 11.1 Å². The predicted octanol–water partition coefficient (Wildman–Crippen LogP) is 5.96. The summed E-state index contributed by atoms with van der Waals surface area (Å²) in [6.07, 6.45) is 2.67. The van der Waals surface area contributed by atoms with Gasteiger partial charge in [-0.05, 0) is 79.6 Å². The van der Waals surface area contributed by atoms with Crippen LogP contribution in [0.3, 0.4) is 0 Å². The van der Waals surface area contributed by atoms with Crippen LogP contribution in [0.1, 0.15) is 72.9 Å². The van der Waals surface area contributed by atoms with Crippen molar-refractivity contribution < 1.29 is 37.0 Å². The molecule has 2 bridgehead atoms. The van der Waals surface area contributed by atoms with Gasteiger partial charge in [-0.3, -0.25) is 19.3 Å². The summed E-state index contributed by atoms with van der Waals surface area (Å²) in [5.74, 6) is -4.07. The maximum Gasteiger partial charge on any atom is 0.305 e. The number of nitrogens with one attached hydrogen (secondary N) is 1. The molecule has 0 radical (unpaired) electrons. The third kappa shape index (κ3) is 8.04. The van der Waals surface area contributed by atoms with E-state index in [0.29, 0.717) is 60.9 Å². The maximum absolute atomic E-state index is 15.8. The quantitative estimate of drug-likeness (QED) is 0.318. The summed E-state index contributed by atoms with van der Waals surface area (Å²) in [6.45, 7) is 4.47. The molecule has 1 saturated heterocycles. The Hall–Kier alpha value is -4.19. The largest absolute Gasteiger partial charge is 0.493 e. The van der Waals surface area contributed by atoms with Crippen molar-refractivity contribution in [2.24, 2.45) is 0 Å². The molecule has 2 atom stereocenters. The van der Waals surface area contributed by atoms with E-state index in [1.165, 1.54) is 31.3 Å². The van der Waals surface area contributed by atoms with E-state index in [2.05, 4.69) is 5.32 Å². The van der Waals surface area contributed by atoms with Crippen LogP contribution in [0.15, 0.2) is 41.3 Å². The van der Waals surface area contributed by atoms with Crippen LogP contribution in [0, 0.1) is 31.3 Å². The van der Waals surface area contributed by atoms with Gasteiger partial charge >= 0.3 is 5.97 Å². The average Bonchev–Trinajstić information content (AvgIpc) is 2.98. The first-order valence-electron chi connectivity index (χ1n) is 15.9. The second-order valence-corrected chi connectivity index (χ2v) is 12.5. The number of alkyl halides is 1. The third-order valence-electron chi connectivity index (χ3n) is 8.86. The highest BCUT2D eigenvalue weighted by Crippen LogP contribution is 2.38. The number of benzene rings is 2. The molecule has 8 nitrogen and oxygen atoms in total. The molecule has 0 spiro atoms. The summed E-state index contributed by atoms with van der Waals surface area (Å²) >= 11 is 0. The van der Waals surface area contributed by atoms with E-state index in [1.54, 1.807) is 13.0 Å². The van der Waals surface area contributed by atoms with Gasteiger partial charge in [0, 0.05) is 43.0 Å². The fourth-order valence-electron chi connectivity index (χ4n) is 6.41. The Labute approximate surface area is 270 Å². The van der Waals surface area contributed by atoms with Gasteiger partial charge in [-0.15, -0.1) is 0 Å². The van der Waals surface area contributed by atoms with E-state index < -0.39 is 59.6 Å². The number of aromatic nitrogens is 1. The van der Waals surface area contributed by atoms with Crippen molar-refractivity contribution in [2.45, 2.75) is 77.0 Å². The molecular formula is C35H39F4N3O5. The van der Waals surface area contributed by atoms with Crippen molar-refractivity contribution in [3.05, 3.63) is 86.6 Å². The molecule has 3 heterocycles. The highest BCUT2D eigenvalue weighted by Gasteiger charge is 2.30. The van der Waals surface area contributed by atoms with Crippen molar-refractivity contribution in [3.63, 3.8) is 0 Å². The van der Waals surface area contributed by atoms with E-state index in [-0.39, 0.29) is 43.0 Å². The number of aryl methyl sites for hydroxylation is 2. The number of likely N-dealkylation sites (tertiary alicyclic amines) is 1. The average molecular weight is 658 g/mol. The Bertz CT molecular complexity index is 1710. The van der Waals surface area contributed by atoms with Gasteiger partial charge in [0.25, 0.3) is 5.56 Å². The summed E-state index contributed by atoms with van der Waals surface area (Å²) < 4.78 is 65.6. The van der Waals surface area contributed by atoms with Gasteiger partial charge in [0.15, 0.2) is 5.82 Å². The van der Waals surface area contributed by atoms with E-state index in [1.807, 2.05) is 4.90 Å². The van der Waals surface area contributed by atoms with Gasteiger partial charge in [-0.25, -0.2) is 17.6 Å². The molecule has 0 unspecified atom stereocenters. The first-order chi connectivity index (χ1) is 22.4. The number of carbonyl (C=O) groups excluding carboxylic acids is 1. The number of nitrogens with zero attached hydrogens (tertiary/aromatic N) is 2. The van der Waals surface area contributed by atoms with Gasteiger partial charge in [0.2, 0.25) is 5.91 Å². The molecule has 2 aliphatic heterocycles. The number of hydrogen-bond acceptors (Lipinski definition) is 5. The Balaban J connectivity index is 1.56. The second kappa shape index (κ2) is 14.7. The number of carbonyl (C=O) groups is 2. The fraction of sp³-hybridized carbons (Fsp3) is 0.457. The number of amides is 1. The lowest BCUT2D eigenvalue weighted by Crippen LogP contribution is -2.49. The molecule has 12 heteroatoms. The summed E-state index contributed by atoms with van der Waals surface area (Å²) in [5, 5.41) is 12.5. The maximum atomic E-state index is 15.8. The van der Waals surface area contributed by atoms with Crippen molar-refractivity contribution in [2.75, 3.05) is 26.2 Å². The van der Waals surface area contributed by atoms with E-state index in [0.717, 1.165) is 10.6 Å². The third-order valence-corrected chi connectivity index (χ3v) is 8.86. The molecule has 3 aromatic rings. The number of pyridine rings is 1. The number of hydrogen-bond donors (Lipinski definition) is 2. The Morgan fingerprint density at radius 2 is 1.74 bits per heavy atom. The van der Waals surface area contributed by atoms with Crippen molar-refractivity contribution in [1.29, 1.82) is 0 Å². The number of halogens is 4. The molecule has 0 aliphatic carbocycles. The Morgan fingerprint density at radius 3 is 2.47 bits per heavy atom. The molecule has 2 aliphatic rings. The number of carboxylic acid groups (broad SMARTS) is 1. The minimum Gasteiger partial charge on any atom is -0.493 e. The van der Waals surface area contributed by atoms with Crippen molar-refractivity contribution >= 4 is 11.9 Å². The van der Waals surface area contributed by atoms with E-state index in [9.17, 15) is 32.7 Å². The fourth-order valence-corrected chi connectivity index (χ4v) is 6.41. The van der Waals surface area contributed by atoms with Crippen LogP contribution < -0.4 is 15.6 Å². The SMILES string of the molecule is Cc1cc2cc(c1F)[C@H](CC(=O)O)NC(=O)[C@@H](n1cc(CCN3CC(F)C3)cc(F)c1=O)CCCCCCOc1cc(F)cc(C)c1-2.